The average molecular weight is 171 g/mol. The van der Waals surface area contributed by atoms with Gasteiger partial charge in [0.15, 0.2) is 0 Å². The first-order valence-corrected chi connectivity index (χ1v) is 4.30. The second kappa shape index (κ2) is 3.90. The maximum Gasteiger partial charge on any atom is 0.0949 e. The summed E-state index contributed by atoms with van der Waals surface area (Å²) in [7, 11) is 0. The van der Waals surface area contributed by atoms with Gasteiger partial charge in [0.05, 0.1) is 12.9 Å². The Morgan fingerprint density at radius 2 is 2.08 bits per heavy atom. The van der Waals surface area contributed by atoms with Gasteiger partial charge in [-0.25, -0.2) is 4.98 Å². The van der Waals surface area contributed by atoms with Crippen molar-refractivity contribution in [2.45, 2.75) is 6.42 Å². The Balaban J connectivity index is 1.94. The minimum Gasteiger partial charge on any atom is -0.332 e. The molecule has 2 nitrogen and oxygen atoms in total. The highest BCUT2D eigenvalue weighted by atomic mass is 15.0. The van der Waals surface area contributed by atoms with E-state index >= 15 is 0 Å². The molecule has 0 saturated carbocycles. The lowest BCUT2D eigenvalue weighted by atomic mass is 10.1. The second-order valence-corrected chi connectivity index (χ2v) is 2.88. The van der Waals surface area contributed by atoms with E-state index in [1.807, 2.05) is 16.8 Å². The zero-order valence-corrected chi connectivity index (χ0v) is 7.30. The van der Waals surface area contributed by atoms with Gasteiger partial charge in [-0.2, -0.15) is 0 Å². The molecule has 2 rings (SSSR count). The number of imidazole rings is 1. The third-order valence-corrected chi connectivity index (χ3v) is 1.91. The SMILES string of the molecule is [CH](Cc1ccccc1)n1ccnc1. The van der Waals surface area contributed by atoms with Crippen LogP contribution in [0.15, 0.2) is 49.1 Å². The summed E-state index contributed by atoms with van der Waals surface area (Å²) in [5.41, 5.74) is 1.32. The van der Waals surface area contributed by atoms with Crippen molar-refractivity contribution in [1.29, 1.82) is 0 Å². The minimum atomic E-state index is 0.942. The summed E-state index contributed by atoms with van der Waals surface area (Å²) in [5, 5.41) is 0. The fourth-order valence-corrected chi connectivity index (χ4v) is 1.20. The van der Waals surface area contributed by atoms with E-state index in [-0.39, 0.29) is 0 Å². The Morgan fingerprint density at radius 3 is 2.77 bits per heavy atom. The first-order valence-electron chi connectivity index (χ1n) is 4.30. The zero-order valence-electron chi connectivity index (χ0n) is 7.30. The standard InChI is InChI=1S/C11H11N2/c1-2-4-11(5-3-1)6-8-13-9-7-12-10-13/h1-5,7-10H,6H2. The van der Waals surface area contributed by atoms with Gasteiger partial charge >= 0.3 is 0 Å². The molecule has 1 aromatic heterocycles. The number of aromatic nitrogens is 2. The van der Waals surface area contributed by atoms with E-state index < -0.39 is 0 Å². The average Bonchev–Trinajstić information content (AvgIpc) is 2.69. The van der Waals surface area contributed by atoms with Crippen molar-refractivity contribution in [3.8, 4) is 0 Å². The molecule has 65 valence electrons. The van der Waals surface area contributed by atoms with Gasteiger partial charge in [0.2, 0.25) is 0 Å². The van der Waals surface area contributed by atoms with Crippen LogP contribution in [0.2, 0.25) is 0 Å². The monoisotopic (exact) mass is 171 g/mol. The van der Waals surface area contributed by atoms with Crippen LogP contribution >= 0.6 is 0 Å². The van der Waals surface area contributed by atoms with Crippen LogP contribution in [0.3, 0.4) is 0 Å². The molecule has 0 aliphatic rings. The van der Waals surface area contributed by atoms with Crippen LogP contribution in [0.1, 0.15) is 5.56 Å². The predicted molar refractivity (Wildman–Crippen MR) is 52.1 cm³/mol. The van der Waals surface area contributed by atoms with E-state index in [1.165, 1.54) is 5.56 Å². The number of rotatable bonds is 3. The lowest BCUT2D eigenvalue weighted by Crippen LogP contribution is -1.94. The first kappa shape index (κ1) is 8.05. The number of hydrogen-bond donors (Lipinski definition) is 0. The fraction of sp³-hybridized carbons (Fsp3) is 0.0909. The van der Waals surface area contributed by atoms with Gasteiger partial charge < -0.3 is 4.57 Å². The summed E-state index contributed by atoms with van der Waals surface area (Å²) in [4.78, 5) is 3.97. The summed E-state index contributed by atoms with van der Waals surface area (Å²) in [6.45, 7) is 2.10. The van der Waals surface area contributed by atoms with Crippen LogP contribution in [-0.4, -0.2) is 9.55 Å². The maximum absolute atomic E-state index is 3.97. The first-order chi connectivity index (χ1) is 6.45. The Bertz CT molecular complexity index is 338. The van der Waals surface area contributed by atoms with Gasteiger partial charge in [-0.05, 0) is 12.0 Å². The van der Waals surface area contributed by atoms with Gasteiger partial charge in [-0.15, -0.1) is 0 Å². The Kier molecular flexibility index (Phi) is 2.41. The molecule has 1 radical (unpaired) electrons. The van der Waals surface area contributed by atoms with Crippen molar-refractivity contribution in [3.63, 3.8) is 0 Å². The van der Waals surface area contributed by atoms with Crippen LogP contribution in [0.5, 0.6) is 0 Å². The van der Waals surface area contributed by atoms with E-state index in [1.54, 1.807) is 12.5 Å². The van der Waals surface area contributed by atoms with Crippen molar-refractivity contribution >= 4 is 0 Å². The molecular formula is C11H11N2. The van der Waals surface area contributed by atoms with Crippen LogP contribution in [0, 0.1) is 6.54 Å². The molecule has 0 fully saturated rings. The largest absolute Gasteiger partial charge is 0.332 e. The second-order valence-electron chi connectivity index (χ2n) is 2.88. The molecule has 0 atom stereocenters. The molecule has 1 aromatic carbocycles. The van der Waals surface area contributed by atoms with Gasteiger partial charge in [0.25, 0.3) is 0 Å². The third-order valence-electron chi connectivity index (χ3n) is 1.91. The van der Waals surface area contributed by atoms with Gasteiger partial charge in [0.1, 0.15) is 0 Å². The van der Waals surface area contributed by atoms with E-state index in [0.717, 1.165) is 6.42 Å². The van der Waals surface area contributed by atoms with Gasteiger partial charge in [0, 0.05) is 12.4 Å². The topological polar surface area (TPSA) is 17.8 Å². The maximum atomic E-state index is 3.97. The highest BCUT2D eigenvalue weighted by molar-refractivity contribution is 5.16. The molecule has 2 aromatic rings. The molecule has 2 heteroatoms. The van der Waals surface area contributed by atoms with Crippen molar-refractivity contribution in [3.05, 3.63) is 61.2 Å². The molecule has 0 spiro atoms. The normalized spacial score (nSPS) is 10.2. The lowest BCUT2D eigenvalue weighted by molar-refractivity contribution is 0.892. The van der Waals surface area contributed by atoms with Crippen LogP contribution < -0.4 is 0 Å². The summed E-state index contributed by atoms with van der Waals surface area (Å²) >= 11 is 0. The van der Waals surface area contributed by atoms with Crippen LogP contribution in [-0.2, 0) is 6.42 Å². The molecule has 0 bridgehead atoms. The third kappa shape index (κ3) is 2.18. The quantitative estimate of drug-likeness (QED) is 0.691. The summed E-state index contributed by atoms with van der Waals surface area (Å²) in [6, 6.07) is 10.4. The molecule has 0 N–H and O–H groups in total. The van der Waals surface area contributed by atoms with Crippen LogP contribution in [0.25, 0.3) is 0 Å². The zero-order chi connectivity index (χ0) is 8.93. The molecule has 0 saturated heterocycles. The highest BCUT2D eigenvalue weighted by Gasteiger charge is 1.92. The Morgan fingerprint density at radius 1 is 1.23 bits per heavy atom. The van der Waals surface area contributed by atoms with Crippen molar-refractivity contribution < 1.29 is 0 Å². The molecule has 0 aliphatic heterocycles. The molecule has 1 heterocycles. The smallest absolute Gasteiger partial charge is 0.0949 e. The number of nitrogens with zero attached hydrogens (tertiary/aromatic N) is 2. The number of hydrogen-bond acceptors (Lipinski definition) is 1. The Hall–Kier alpha value is -1.57. The fourth-order valence-electron chi connectivity index (χ4n) is 1.20. The molecule has 0 aliphatic carbocycles. The van der Waals surface area contributed by atoms with Crippen molar-refractivity contribution in [1.82, 2.24) is 9.55 Å². The van der Waals surface area contributed by atoms with E-state index in [0.29, 0.717) is 0 Å². The number of benzene rings is 1. The predicted octanol–water partition coefficient (Wildman–Crippen LogP) is 2.14. The van der Waals surface area contributed by atoms with Gasteiger partial charge in [-0.1, -0.05) is 30.3 Å². The van der Waals surface area contributed by atoms with E-state index in [2.05, 4.69) is 35.8 Å². The van der Waals surface area contributed by atoms with E-state index in [4.69, 9.17) is 0 Å². The minimum absolute atomic E-state index is 0.942. The summed E-state index contributed by atoms with van der Waals surface area (Å²) in [5.74, 6) is 0. The molecular weight excluding hydrogens is 160 g/mol. The molecule has 0 amide bonds. The Labute approximate surface area is 77.9 Å². The van der Waals surface area contributed by atoms with Gasteiger partial charge in [-0.3, -0.25) is 0 Å². The molecule has 13 heavy (non-hydrogen) atoms. The van der Waals surface area contributed by atoms with Crippen molar-refractivity contribution in [2.24, 2.45) is 0 Å². The van der Waals surface area contributed by atoms with Crippen LogP contribution in [0.4, 0.5) is 0 Å². The summed E-state index contributed by atoms with van der Waals surface area (Å²) < 4.78 is 1.97. The summed E-state index contributed by atoms with van der Waals surface area (Å²) in [6.07, 6.45) is 6.45. The lowest BCUT2D eigenvalue weighted by Gasteiger charge is -2.00. The van der Waals surface area contributed by atoms with E-state index in [9.17, 15) is 0 Å². The highest BCUT2D eigenvalue weighted by Crippen LogP contribution is 2.02. The molecule has 0 unspecified atom stereocenters. The van der Waals surface area contributed by atoms with Crippen molar-refractivity contribution in [2.75, 3.05) is 0 Å².